The largest absolute Gasteiger partial charge is 0.726 e. The monoisotopic (exact) mass is 658 g/mol. The molecule has 0 atom stereocenters. The molecule has 6 nitrogen and oxygen atoms in total. The van der Waals surface area contributed by atoms with E-state index in [-0.39, 0.29) is 0 Å². The second kappa shape index (κ2) is 27.9. The Labute approximate surface area is 283 Å². The Morgan fingerprint density at radius 3 is 1.28 bits per heavy atom. The summed E-state index contributed by atoms with van der Waals surface area (Å²) in [5, 5.41) is 0. The fourth-order valence-electron chi connectivity index (χ4n) is 5.56. The van der Waals surface area contributed by atoms with E-state index in [9.17, 15) is 13.0 Å². The number of hydrogen-bond donors (Lipinski definition) is 0. The van der Waals surface area contributed by atoms with E-state index in [2.05, 4.69) is 95.5 Å². The lowest BCUT2D eigenvalue weighted by Gasteiger charge is -2.25. The van der Waals surface area contributed by atoms with Gasteiger partial charge in [0.2, 0.25) is 10.4 Å². The molecule has 0 aliphatic heterocycles. The fourth-order valence-corrected chi connectivity index (χ4v) is 5.56. The summed E-state index contributed by atoms with van der Waals surface area (Å²) in [6, 6.07) is 13.6. The van der Waals surface area contributed by atoms with Gasteiger partial charge in [-0.2, -0.15) is 0 Å². The minimum absolute atomic E-state index is 0.808. The first-order chi connectivity index (χ1) is 22.3. The number of unbranched alkanes of at least 4 members (excludes halogenated alkanes) is 18. The van der Waals surface area contributed by atoms with Gasteiger partial charge in [-0.25, -0.2) is 13.0 Å². The van der Waals surface area contributed by atoms with Crippen LogP contribution in [0.1, 0.15) is 153 Å². The smallest absolute Gasteiger partial charge is 0.217 e. The van der Waals surface area contributed by atoms with Crippen molar-refractivity contribution >= 4 is 28.2 Å². The minimum Gasteiger partial charge on any atom is -0.726 e. The van der Waals surface area contributed by atoms with Gasteiger partial charge in [-0.15, -0.1) is 0 Å². The van der Waals surface area contributed by atoms with Crippen LogP contribution in [0.25, 0.3) is 12.2 Å². The number of benzene rings is 1. The normalized spacial score (nSPS) is 11.5. The average molecular weight is 659 g/mol. The Kier molecular flexibility index (Phi) is 25.3. The molecule has 0 N–H and O–H groups in total. The van der Waals surface area contributed by atoms with Crippen LogP contribution in [0, 0.1) is 0 Å². The molecule has 262 valence electrons. The van der Waals surface area contributed by atoms with Crippen molar-refractivity contribution < 1.29 is 21.7 Å². The average Bonchev–Trinajstić information content (AvgIpc) is 3.05. The van der Waals surface area contributed by atoms with Gasteiger partial charge in [-0.1, -0.05) is 154 Å². The van der Waals surface area contributed by atoms with Gasteiger partial charge < -0.3 is 9.45 Å². The van der Waals surface area contributed by atoms with E-state index in [1.807, 2.05) is 0 Å². The number of hydrogen-bond acceptors (Lipinski definition) is 5. The van der Waals surface area contributed by atoms with Crippen molar-refractivity contribution in [1.29, 1.82) is 0 Å². The molecule has 0 saturated heterocycles. The zero-order valence-electron chi connectivity index (χ0n) is 29.8. The Morgan fingerprint density at radius 1 is 0.609 bits per heavy atom. The molecule has 1 aromatic heterocycles. The van der Waals surface area contributed by atoms with Crippen LogP contribution >= 0.6 is 0 Å². The zero-order chi connectivity index (χ0) is 33.7. The van der Waals surface area contributed by atoms with E-state index in [4.69, 9.17) is 0 Å². The molecule has 0 aliphatic carbocycles. The molecule has 0 bridgehead atoms. The maximum Gasteiger partial charge on any atom is 0.217 e. The standard InChI is InChI=1S/C38H63N2.CH4O4S/c1-4-6-8-10-12-14-16-18-20-22-32-40(33-23-21-19-17-15-13-11-9-7-5-2)38-28-26-36(27-29-38)24-25-37-30-34-39(3)35-31-37;1-5-6(2,3)4/h24-31,34-35H,4-23,32-33H2,1-3H3;1H3,(H,2,3,4)/q+1;/p-1. The molecule has 2 rings (SSSR count). The van der Waals surface area contributed by atoms with Gasteiger partial charge in [0.05, 0.1) is 7.11 Å². The van der Waals surface area contributed by atoms with E-state index in [0.29, 0.717) is 0 Å². The van der Waals surface area contributed by atoms with Crippen LogP contribution in [0.15, 0.2) is 48.8 Å². The van der Waals surface area contributed by atoms with Crippen LogP contribution in [0.2, 0.25) is 0 Å². The highest BCUT2D eigenvalue weighted by molar-refractivity contribution is 7.80. The molecule has 0 saturated carbocycles. The highest BCUT2D eigenvalue weighted by Crippen LogP contribution is 2.20. The summed E-state index contributed by atoms with van der Waals surface area (Å²) in [4.78, 5) is 2.67. The van der Waals surface area contributed by atoms with Crippen molar-refractivity contribution in [2.45, 2.75) is 142 Å². The third kappa shape index (κ3) is 24.0. The summed E-state index contributed by atoms with van der Waals surface area (Å²) in [6.45, 7) is 7.00. The van der Waals surface area contributed by atoms with Gasteiger partial charge in [-0.3, -0.25) is 4.18 Å². The third-order valence-corrected chi connectivity index (χ3v) is 8.91. The fraction of sp³-hybridized carbons (Fsp3) is 0.667. The van der Waals surface area contributed by atoms with Gasteiger partial charge in [0, 0.05) is 30.9 Å². The molecular weight excluding hydrogens is 593 g/mol. The van der Waals surface area contributed by atoms with Crippen LogP contribution in [-0.4, -0.2) is 33.2 Å². The predicted molar refractivity (Wildman–Crippen MR) is 196 cm³/mol. The number of rotatable bonds is 26. The molecular formula is C39H66N2O4S. The highest BCUT2D eigenvalue weighted by Gasteiger charge is 2.07. The van der Waals surface area contributed by atoms with Crippen LogP contribution in [0.4, 0.5) is 5.69 Å². The van der Waals surface area contributed by atoms with Gasteiger partial charge in [0.15, 0.2) is 12.4 Å². The van der Waals surface area contributed by atoms with Crippen molar-refractivity contribution in [3.63, 3.8) is 0 Å². The van der Waals surface area contributed by atoms with Crippen molar-refractivity contribution in [2.24, 2.45) is 7.05 Å². The molecule has 0 spiro atoms. The summed E-state index contributed by atoms with van der Waals surface area (Å²) >= 11 is 0. The Bertz CT molecular complexity index is 1080. The summed E-state index contributed by atoms with van der Waals surface area (Å²) in [7, 11) is -1.55. The van der Waals surface area contributed by atoms with E-state index < -0.39 is 10.4 Å². The SMILES string of the molecule is CCCCCCCCCCCCN(CCCCCCCCCCCC)c1ccc(C=Cc2cc[n+](C)cc2)cc1.COS(=O)(=O)[O-]. The number of aromatic nitrogens is 1. The predicted octanol–water partition coefficient (Wildman–Crippen LogP) is 10.4. The number of anilines is 1. The highest BCUT2D eigenvalue weighted by atomic mass is 32.3. The molecule has 1 aromatic carbocycles. The second-order valence-corrected chi connectivity index (χ2v) is 13.8. The summed E-state index contributed by atoms with van der Waals surface area (Å²) in [5.41, 5.74) is 3.91. The molecule has 0 radical (unpaired) electrons. The summed E-state index contributed by atoms with van der Waals surface area (Å²) < 4.78 is 33.1. The van der Waals surface area contributed by atoms with Gasteiger partial charge >= 0.3 is 0 Å². The van der Waals surface area contributed by atoms with E-state index in [1.54, 1.807) is 0 Å². The summed E-state index contributed by atoms with van der Waals surface area (Å²) in [6.07, 6.45) is 36.7. The van der Waals surface area contributed by atoms with Gasteiger partial charge in [-0.05, 0) is 36.1 Å². The summed E-state index contributed by atoms with van der Waals surface area (Å²) in [5.74, 6) is 0. The molecule has 0 amide bonds. The lowest BCUT2D eigenvalue weighted by molar-refractivity contribution is -0.671. The van der Waals surface area contributed by atoms with Crippen molar-refractivity contribution in [1.82, 2.24) is 0 Å². The number of nitrogens with zero attached hydrogens (tertiary/aromatic N) is 2. The van der Waals surface area contributed by atoms with E-state index in [0.717, 1.165) is 7.11 Å². The second-order valence-electron chi connectivity index (χ2n) is 12.6. The van der Waals surface area contributed by atoms with Crippen molar-refractivity contribution in [2.75, 3.05) is 25.1 Å². The molecule has 2 aromatic rings. The lowest BCUT2D eigenvalue weighted by Crippen LogP contribution is -2.25. The molecule has 0 aliphatic rings. The third-order valence-electron chi connectivity index (χ3n) is 8.50. The van der Waals surface area contributed by atoms with Crippen molar-refractivity contribution in [3.05, 3.63) is 59.9 Å². The van der Waals surface area contributed by atoms with Crippen LogP contribution in [-0.2, 0) is 21.6 Å². The molecule has 0 fully saturated rings. The van der Waals surface area contributed by atoms with Gasteiger partial charge in [0.1, 0.15) is 7.05 Å². The Balaban J connectivity index is 0.00000160. The first-order valence-electron chi connectivity index (χ1n) is 18.3. The van der Waals surface area contributed by atoms with Crippen LogP contribution < -0.4 is 9.47 Å². The zero-order valence-corrected chi connectivity index (χ0v) is 30.6. The molecule has 46 heavy (non-hydrogen) atoms. The topological polar surface area (TPSA) is 73.5 Å². The Morgan fingerprint density at radius 2 is 0.935 bits per heavy atom. The Hall–Kier alpha value is -2.22. The lowest BCUT2D eigenvalue weighted by atomic mass is 10.1. The first-order valence-corrected chi connectivity index (χ1v) is 19.6. The number of pyridine rings is 1. The van der Waals surface area contributed by atoms with E-state index in [1.165, 1.54) is 158 Å². The van der Waals surface area contributed by atoms with E-state index >= 15 is 0 Å². The minimum atomic E-state index is -4.41. The van der Waals surface area contributed by atoms with Crippen LogP contribution in [0.3, 0.4) is 0 Å². The van der Waals surface area contributed by atoms with Gasteiger partial charge in [0.25, 0.3) is 0 Å². The quantitative estimate of drug-likeness (QED) is 0.0435. The maximum absolute atomic E-state index is 9.22. The van der Waals surface area contributed by atoms with Crippen LogP contribution in [0.5, 0.6) is 0 Å². The first kappa shape index (κ1) is 41.8. The maximum atomic E-state index is 9.22. The number of aryl methyl sites for hydroxylation is 1. The molecule has 0 unspecified atom stereocenters. The molecule has 7 heteroatoms. The molecule has 1 heterocycles. The van der Waals surface area contributed by atoms with Crippen molar-refractivity contribution in [3.8, 4) is 0 Å².